The van der Waals surface area contributed by atoms with E-state index in [4.69, 9.17) is 11.6 Å². The van der Waals surface area contributed by atoms with Gasteiger partial charge in [-0.05, 0) is 30.9 Å². The van der Waals surface area contributed by atoms with E-state index in [9.17, 15) is 0 Å². The van der Waals surface area contributed by atoms with Crippen LogP contribution < -0.4 is 5.32 Å². The number of fused-ring (bicyclic) bond motifs is 1. The number of nitrogens with zero attached hydrogens (tertiary/aromatic N) is 5. The number of hydrogen-bond donors (Lipinski definition) is 0. The first-order valence-corrected chi connectivity index (χ1v) is 6.16. The van der Waals surface area contributed by atoms with Gasteiger partial charge in [-0.1, -0.05) is 23.7 Å². The summed E-state index contributed by atoms with van der Waals surface area (Å²) in [6.45, 7) is 3.14. The van der Waals surface area contributed by atoms with E-state index in [1.807, 2.05) is 10.7 Å². The van der Waals surface area contributed by atoms with Crippen molar-refractivity contribution >= 4 is 22.8 Å². The van der Waals surface area contributed by atoms with Crippen LogP contribution >= 0.6 is 11.6 Å². The van der Waals surface area contributed by atoms with Crippen molar-refractivity contribution in [3.05, 3.63) is 17.3 Å². The van der Waals surface area contributed by atoms with Crippen molar-refractivity contribution in [2.45, 2.75) is 25.9 Å². The van der Waals surface area contributed by atoms with Gasteiger partial charge in [0, 0.05) is 6.54 Å². The Kier molecular flexibility index (Phi) is 2.72. The Labute approximate surface area is 104 Å². The maximum absolute atomic E-state index is 5.83. The van der Waals surface area contributed by atoms with Gasteiger partial charge in [-0.15, -0.1) is 5.10 Å². The Bertz CT molecular complexity index is 538. The van der Waals surface area contributed by atoms with Gasteiger partial charge in [-0.3, -0.25) is 0 Å². The normalized spacial score (nSPS) is 25.3. The molecule has 6 heteroatoms. The van der Waals surface area contributed by atoms with Crippen LogP contribution in [0.15, 0.2) is 12.1 Å². The molecule has 0 bridgehead atoms. The lowest BCUT2D eigenvalue weighted by molar-refractivity contribution is 0.239. The topological polar surface area (TPSA) is 57.7 Å². The zero-order chi connectivity index (χ0) is 11.8. The van der Waals surface area contributed by atoms with Gasteiger partial charge in [0.25, 0.3) is 0 Å². The summed E-state index contributed by atoms with van der Waals surface area (Å²) >= 11 is 5.83. The van der Waals surface area contributed by atoms with Crippen molar-refractivity contribution in [3.63, 3.8) is 0 Å². The molecule has 0 saturated carbocycles. The van der Waals surface area contributed by atoms with Crippen molar-refractivity contribution in [3.8, 4) is 0 Å². The molecule has 2 unspecified atom stereocenters. The standard InChI is InChI=1S/C11H13ClN5/c1-7-4-5-13-10(6-7)17-8-2-3-9(12)14-11(8)15-16-17/h2-3,7,10H,4-6H2,1H3. The van der Waals surface area contributed by atoms with Crippen molar-refractivity contribution in [2.75, 3.05) is 6.54 Å². The highest BCUT2D eigenvalue weighted by Crippen LogP contribution is 2.25. The molecule has 2 aromatic rings. The van der Waals surface area contributed by atoms with E-state index in [0.717, 1.165) is 24.9 Å². The van der Waals surface area contributed by atoms with E-state index in [1.54, 1.807) is 6.07 Å². The number of pyridine rings is 1. The van der Waals surface area contributed by atoms with Crippen LogP contribution in [-0.2, 0) is 0 Å². The minimum atomic E-state index is 0.0896. The smallest absolute Gasteiger partial charge is 0.203 e. The average Bonchev–Trinajstić information content (AvgIpc) is 2.71. The van der Waals surface area contributed by atoms with E-state index in [1.165, 1.54) is 0 Å². The molecule has 1 fully saturated rings. The second kappa shape index (κ2) is 4.23. The zero-order valence-electron chi connectivity index (χ0n) is 9.54. The minimum Gasteiger partial charge on any atom is -0.224 e. The highest BCUT2D eigenvalue weighted by molar-refractivity contribution is 6.29. The first kappa shape index (κ1) is 10.9. The molecule has 1 aliphatic rings. The second-order valence-electron chi connectivity index (χ2n) is 4.53. The molecule has 2 atom stereocenters. The van der Waals surface area contributed by atoms with Gasteiger partial charge in [0.2, 0.25) is 5.65 Å². The van der Waals surface area contributed by atoms with Gasteiger partial charge in [-0.25, -0.2) is 15.0 Å². The molecule has 0 aromatic carbocycles. The summed E-state index contributed by atoms with van der Waals surface area (Å²) < 4.78 is 1.86. The van der Waals surface area contributed by atoms with E-state index in [-0.39, 0.29) is 6.17 Å². The molecule has 3 rings (SSSR count). The number of halogens is 1. The summed E-state index contributed by atoms with van der Waals surface area (Å²) in [6, 6.07) is 3.66. The molecule has 0 aliphatic carbocycles. The van der Waals surface area contributed by atoms with Crippen LogP contribution in [0.4, 0.5) is 0 Å². The average molecular weight is 251 g/mol. The van der Waals surface area contributed by atoms with Crippen molar-refractivity contribution in [1.29, 1.82) is 0 Å². The SMILES string of the molecule is CC1CC[N]C(n2nnc3nc(Cl)ccc32)C1. The lowest BCUT2D eigenvalue weighted by atomic mass is 9.98. The maximum Gasteiger partial charge on any atom is 0.203 e. The molecular formula is C11H13ClN5. The Balaban J connectivity index is 1.99. The van der Waals surface area contributed by atoms with Gasteiger partial charge in [0.05, 0.1) is 0 Å². The fourth-order valence-electron chi connectivity index (χ4n) is 2.20. The molecular weight excluding hydrogens is 238 g/mol. The Morgan fingerprint density at radius 3 is 3.12 bits per heavy atom. The summed E-state index contributed by atoms with van der Waals surface area (Å²) in [5, 5.41) is 13.2. The Morgan fingerprint density at radius 2 is 2.29 bits per heavy atom. The Hall–Kier alpha value is -1.20. The summed E-state index contributed by atoms with van der Waals surface area (Å²) in [4.78, 5) is 4.14. The van der Waals surface area contributed by atoms with E-state index in [0.29, 0.717) is 16.7 Å². The predicted octanol–water partition coefficient (Wildman–Crippen LogP) is 2.01. The van der Waals surface area contributed by atoms with Gasteiger partial charge in [0.1, 0.15) is 16.8 Å². The third kappa shape index (κ3) is 2.00. The quantitative estimate of drug-likeness (QED) is 0.728. The molecule has 0 amide bonds. The number of piperidine rings is 1. The Morgan fingerprint density at radius 1 is 1.41 bits per heavy atom. The van der Waals surface area contributed by atoms with Gasteiger partial charge in [-0.2, -0.15) is 0 Å². The molecule has 17 heavy (non-hydrogen) atoms. The second-order valence-corrected chi connectivity index (χ2v) is 4.91. The summed E-state index contributed by atoms with van der Waals surface area (Å²) in [5.41, 5.74) is 1.49. The highest BCUT2D eigenvalue weighted by Gasteiger charge is 2.23. The highest BCUT2D eigenvalue weighted by atomic mass is 35.5. The van der Waals surface area contributed by atoms with Crippen LogP contribution in [0, 0.1) is 5.92 Å². The fourth-order valence-corrected chi connectivity index (χ4v) is 2.35. The number of hydrogen-bond acceptors (Lipinski definition) is 3. The van der Waals surface area contributed by atoms with Gasteiger partial charge < -0.3 is 0 Å². The van der Waals surface area contributed by atoms with Gasteiger partial charge in [0.15, 0.2) is 0 Å². The molecule has 1 saturated heterocycles. The predicted molar refractivity (Wildman–Crippen MR) is 64.8 cm³/mol. The van der Waals surface area contributed by atoms with Crippen LogP contribution in [0.25, 0.3) is 11.2 Å². The first-order valence-electron chi connectivity index (χ1n) is 5.78. The van der Waals surface area contributed by atoms with Crippen LogP contribution in [0.3, 0.4) is 0 Å². The summed E-state index contributed by atoms with van der Waals surface area (Å²) in [7, 11) is 0. The zero-order valence-corrected chi connectivity index (χ0v) is 10.3. The van der Waals surface area contributed by atoms with Crippen LogP contribution in [-0.4, -0.2) is 26.5 Å². The third-order valence-corrected chi connectivity index (χ3v) is 3.37. The molecule has 1 aliphatic heterocycles. The van der Waals surface area contributed by atoms with E-state index >= 15 is 0 Å². The van der Waals surface area contributed by atoms with Crippen molar-refractivity contribution < 1.29 is 0 Å². The number of rotatable bonds is 1. The van der Waals surface area contributed by atoms with Crippen LogP contribution in [0.5, 0.6) is 0 Å². The van der Waals surface area contributed by atoms with Crippen molar-refractivity contribution in [1.82, 2.24) is 25.3 Å². The van der Waals surface area contributed by atoms with Crippen molar-refractivity contribution in [2.24, 2.45) is 5.92 Å². The first-order chi connectivity index (χ1) is 8.24. The fraction of sp³-hybridized carbons (Fsp3) is 0.545. The monoisotopic (exact) mass is 250 g/mol. The van der Waals surface area contributed by atoms with Crippen LogP contribution in [0.2, 0.25) is 5.15 Å². The molecule has 3 heterocycles. The van der Waals surface area contributed by atoms with E-state index in [2.05, 4.69) is 27.5 Å². The maximum atomic E-state index is 5.83. The lowest BCUT2D eigenvalue weighted by Gasteiger charge is -2.26. The molecule has 0 spiro atoms. The van der Waals surface area contributed by atoms with E-state index < -0.39 is 0 Å². The van der Waals surface area contributed by atoms with Crippen LogP contribution in [0.1, 0.15) is 25.9 Å². The third-order valence-electron chi connectivity index (χ3n) is 3.16. The molecule has 89 valence electrons. The largest absolute Gasteiger partial charge is 0.224 e. The molecule has 5 nitrogen and oxygen atoms in total. The number of aromatic nitrogens is 4. The summed E-state index contributed by atoms with van der Waals surface area (Å²) in [6.07, 6.45) is 2.26. The molecule has 2 aromatic heterocycles. The molecule has 0 N–H and O–H groups in total. The lowest BCUT2D eigenvalue weighted by Crippen LogP contribution is -2.30. The summed E-state index contributed by atoms with van der Waals surface area (Å²) in [5.74, 6) is 0.678. The molecule has 1 radical (unpaired) electrons. The minimum absolute atomic E-state index is 0.0896. The van der Waals surface area contributed by atoms with Gasteiger partial charge >= 0.3 is 0 Å².